The number of likely N-dealkylation sites (tertiary alicyclic amines) is 1. The van der Waals surface area contributed by atoms with Crippen molar-refractivity contribution in [2.45, 2.75) is 31.9 Å². The normalized spacial score (nSPS) is 17.4. The highest BCUT2D eigenvalue weighted by molar-refractivity contribution is 5.98. The lowest BCUT2D eigenvalue weighted by Crippen LogP contribution is -2.42. The van der Waals surface area contributed by atoms with Gasteiger partial charge < -0.3 is 4.90 Å². The summed E-state index contributed by atoms with van der Waals surface area (Å²) in [5.74, 6) is -0.928. The second-order valence-corrected chi connectivity index (χ2v) is 6.82. The first-order valence-electron chi connectivity index (χ1n) is 9.09. The monoisotopic (exact) mass is 391 g/mol. The van der Waals surface area contributed by atoms with Crippen LogP contribution in [0.4, 0.5) is 13.2 Å². The van der Waals surface area contributed by atoms with Crippen molar-refractivity contribution >= 4 is 11.7 Å². The molecule has 0 bridgehead atoms. The number of aromatic nitrogens is 2. The smallest absolute Gasteiger partial charge is 0.342 e. The van der Waals surface area contributed by atoms with E-state index in [4.69, 9.17) is 0 Å². The van der Waals surface area contributed by atoms with Crippen LogP contribution in [0.25, 0.3) is 0 Å². The highest BCUT2D eigenvalue weighted by atomic mass is 19.4. The predicted molar refractivity (Wildman–Crippen MR) is 95.4 cm³/mol. The first-order valence-corrected chi connectivity index (χ1v) is 9.09. The van der Waals surface area contributed by atoms with Gasteiger partial charge in [0.15, 0.2) is 5.78 Å². The fourth-order valence-corrected chi connectivity index (χ4v) is 3.35. The molecule has 148 valence electrons. The van der Waals surface area contributed by atoms with Gasteiger partial charge in [0.05, 0.1) is 11.3 Å². The molecule has 1 atom stereocenters. The van der Waals surface area contributed by atoms with Crippen LogP contribution in [-0.2, 0) is 17.4 Å². The maximum Gasteiger partial charge on any atom is 0.416 e. The third-order valence-electron chi connectivity index (χ3n) is 4.83. The van der Waals surface area contributed by atoms with E-state index < -0.39 is 17.7 Å². The Labute approximate surface area is 160 Å². The van der Waals surface area contributed by atoms with Gasteiger partial charge in [0.2, 0.25) is 5.91 Å². The first-order chi connectivity index (χ1) is 13.3. The van der Waals surface area contributed by atoms with Crippen LogP contribution in [0.1, 0.15) is 40.9 Å². The van der Waals surface area contributed by atoms with Crippen molar-refractivity contribution in [3.05, 3.63) is 59.7 Å². The standard InChI is InChI=1S/C20H20F3N3O2/c21-20(22,23)16-5-1-3-14(11-16)19(28)15-4-2-10-26(13-15)18(27)7-6-17-12-24-8-9-25-17/h1,3,5,8-9,11-12,15H,2,4,6-7,10,13H2/t15-/m1/s1. The molecule has 2 aromatic rings. The molecule has 1 saturated heterocycles. The van der Waals surface area contributed by atoms with E-state index in [2.05, 4.69) is 9.97 Å². The van der Waals surface area contributed by atoms with Crippen molar-refractivity contribution in [3.8, 4) is 0 Å². The molecule has 0 aliphatic carbocycles. The van der Waals surface area contributed by atoms with Crippen molar-refractivity contribution in [2.75, 3.05) is 13.1 Å². The van der Waals surface area contributed by atoms with Crippen molar-refractivity contribution in [1.29, 1.82) is 0 Å². The lowest BCUT2D eigenvalue weighted by molar-refractivity contribution is -0.137. The van der Waals surface area contributed by atoms with E-state index in [0.717, 1.165) is 12.1 Å². The number of rotatable bonds is 5. The van der Waals surface area contributed by atoms with E-state index in [-0.39, 0.29) is 30.2 Å². The highest BCUT2D eigenvalue weighted by Gasteiger charge is 2.33. The minimum absolute atomic E-state index is 0.0358. The van der Waals surface area contributed by atoms with E-state index in [1.54, 1.807) is 23.5 Å². The lowest BCUT2D eigenvalue weighted by atomic mass is 9.89. The van der Waals surface area contributed by atoms with Crippen LogP contribution in [0.5, 0.6) is 0 Å². The molecule has 0 spiro atoms. The Morgan fingerprint density at radius 3 is 2.75 bits per heavy atom. The topological polar surface area (TPSA) is 63.2 Å². The molecule has 1 aromatic heterocycles. The second-order valence-electron chi connectivity index (χ2n) is 6.82. The molecule has 8 heteroatoms. The van der Waals surface area contributed by atoms with E-state index >= 15 is 0 Å². The fourth-order valence-electron chi connectivity index (χ4n) is 3.35. The van der Waals surface area contributed by atoms with Crippen LogP contribution in [0.3, 0.4) is 0 Å². The number of aryl methyl sites for hydroxylation is 1. The highest BCUT2D eigenvalue weighted by Crippen LogP contribution is 2.30. The Morgan fingerprint density at radius 1 is 1.21 bits per heavy atom. The Hall–Kier alpha value is -2.77. The third kappa shape index (κ3) is 4.94. The molecule has 5 nitrogen and oxygen atoms in total. The molecule has 0 N–H and O–H groups in total. The SMILES string of the molecule is O=C(c1cccc(C(F)(F)F)c1)[C@@H]1CCCN(C(=O)CCc2cnccn2)C1. The second kappa shape index (κ2) is 8.50. The van der Waals surface area contributed by atoms with Crippen LogP contribution in [-0.4, -0.2) is 39.6 Å². The zero-order chi connectivity index (χ0) is 20.1. The molecule has 1 aliphatic rings. The van der Waals surface area contributed by atoms with Gasteiger partial charge in [0, 0.05) is 49.6 Å². The summed E-state index contributed by atoms with van der Waals surface area (Å²) in [6.07, 6.45) is 2.13. The van der Waals surface area contributed by atoms with Crippen LogP contribution < -0.4 is 0 Å². The Bertz CT molecular complexity index is 840. The van der Waals surface area contributed by atoms with Crippen molar-refractivity contribution in [3.63, 3.8) is 0 Å². The lowest BCUT2D eigenvalue weighted by Gasteiger charge is -2.32. The van der Waals surface area contributed by atoms with Crippen molar-refractivity contribution in [2.24, 2.45) is 5.92 Å². The number of benzene rings is 1. The fraction of sp³-hybridized carbons (Fsp3) is 0.400. The molecule has 28 heavy (non-hydrogen) atoms. The van der Waals surface area contributed by atoms with Crippen LogP contribution in [0.15, 0.2) is 42.9 Å². The molecule has 1 aromatic carbocycles. The minimum atomic E-state index is -4.49. The van der Waals surface area contributed by atoms with E-state index in [1.165, 1.54) is 12.1 Å². The summed E-state index contributed by atoms with van der Waals surface area (Å²) in [5, 5.41) is 0. The van der Waals surface area contributed by atoms with Gasteiger partial charge in [-0.15, -0.1) is 0 Å². The quantitative estimate of drug-likeness (QED) is 0.732. The van der Waals surface area contributed by atoms with Gasteiger partial charge in [-0.3, -0.25) is 19.6 Å². The first kappa shape index (κ1) is 20.0. The maximum atomic E-state index is 12.9. The average molecular weight is 391 g/mol. The largest absolute Gasteiger partial charge is 0.416 e. The Balaban J connectivity index is 1.62. The summed E-state index contributed by atoms with van der Waals surface area (Å²) in [7, 11) is 0. The summed E-state index contributed by atoms with van der Waals surface area (Å²) in [4.78, 5) is 34.9. The number of nitrogens with zero attached hydrogens (tertiary/aromatic N) is 3. The molecule has 1 amide bonds. The van der Waals surface area contributed by atoms with E-state index in [0.29, 0.717) is 31.5 Å². The summed E-state index contributed by atoms with van der Waals surface area (Å²) in [6, 6.07) is 4.46. The summed E-state index contributed by atoms with van der Waals surface area (Å²) in [5.41, 5.74) is -0.0933. The predicted octanol–water partition coefficient (Wildman–Crippen LogP) is 3.55. The number of alkyl halides is 3. The average Bonchev–Trinajstić information content (AvgIpc) is 2.72. The van der Waals surface area contributed by atoms with Gasteiger partial charge in [0.25, 0.3) is 0 Å². The molecular weight excluding hydrogens is 371 g/mol. The zero-order valence-corrected chi connectivity index (χ0v) is 15.2. The number of carbonyl (C=O) groups is 2. The van der Waals surface area contributed by atoms with Gasteiger partial charge >= 0.3 is 6.18 Å². The molecule has 0 unspecified atom stereocenters. The number of amides is 1. The van der Waals surface area contributed by atoms with Crippen molar-refractivity contribution in [1.82, 2.24) is 14.9 Å². The minimum Gasteiger partial charge on any atom is -0.342 e. The van der Waals surface area contributed by atoms with Crippen LogP contribution in [0, 0.1) is 5.92 Å². The van der Waals surface area contributed by atoms with Crippen LogP contribution >= 0.6 is 0 Å². The molecule has 0 saturated carbocycles. The molecule has 0 radical (unpaired) electrons. The number of hydrogen-bond donors (Lipinski definition) is 0. The van der Waals surface area contributed by atoms with Gasteiger partial charge in [-0.2, -0.15) is 13.2 Å². The Kier molecular flexibility index (Phi) is 6.06. The summed E-state index contributed by atoms with van der Waals surface area (Å²) in [6.45, 7) is 0.778. The van der Waals surface area contributed by atoms with E-state index in [1.807, 2.05) is 0 Å². The number of ketones is 1. The molecular formula is C20H20F3N3O2. The number of halogens is 3. The maximum absolute atomic E-state index is 12.9. The van der Waals surface area contributed by atoms with Gasteiger partial charge in [-0.1, -0.05) is 12.1 Å². The molecule has 2 heterocycles. The molecule has 3 rings (SSSR count). The van der Waals surface area contributed by atoms with Gasteiger partial charge in [-0.05, 0) is 31.4 Å². The van der Waals surface area contributed by atoms with Crippen molar-refractivity contribution < 1.29 is 22.8 Å². The molecule has 1 aliphatic heterocycles. The third-order valence-corrected chi connectivity index (χ3v) is 4.83. The van der Waals surface area contributed by atoms with Gasteiger partial charge in [-0.25, -0.2) is 0 Å². The van der Waals surface area contributed by atoms with Gasteiger partial charge in [0.1, 0.15) is 0 Å². The van der Waals surface area contributed by atoms with Crippen LogP contribution in [0.2, 0.25) is 0 Å². The van der Waals surface area contributed by atoms with E-state index in [9.17, 15) is 22.8 Å². The number of carbonyl (C=O) groups excluding carboxylic acids is 2. The number of hydrogen-bond acceptors (Lipinski definition) is 4. The number of Topliss-reactive ketones (excluding diaryl/α,β-unsaturated/α-hetero) is 1. The molecule has 1 fully saturated rings. The summed E-state index contributed by atoms with van der Waals surface area (Å²) < 4.78 is 38.7. The summed E-state index contributed by atoms with van der Waals surface area (Å²) >= 11 is 0. The number of piperidine rings is 1. The Morgan fingerprint density at radius 2 is 2.04 bits per heavy atom. The zero-order valence-electron chi connectivity index (χ0n) is 15.2.